The van der Waals surface area contributed by atoms with E-state index in [4.69, 9.17) is 11.6 Å². The standard InChI is InChI=1S/C11H20ClN3/c1-9-10(12)8-15(14-9)7-5-6-13-11(2,3)4/h8,13H,5-7H2,1-4H3. The number of hydrogen-bond donors (Lipinski definition) is 1. The molecule has 0 aliphatic heterocycles. The monoisotopic (exact) mass is 229 g/mol. The molecule has 1 N–H and O–H groups in total. The van der Waals surface area contributed by atoms with Crippen molar-refractivity contribution < 1.29 is 0 Å². The molecular weight excluding hydrogens is 210 g/mol. The Bertz CT molecular complexity index is 293. The largest absolute Gasteiger partial charge is 0.312 e. The van der Waals surface area contributed by atoms with E-state index in [1.165, 1.54) is 0 Å². The molecule has 3 nitrogen and oxygen atoms in total. The van der Waals surface area contributed by atoms with Crippen LogP contribution in [0.4, 0.5) is 0 Å². The van der Waals surface area contributed by atoms with Crippen LogP contribution in [-0.2, 0) is 6.54 Å². The lowest BCUT2D eigenvalue weighted by atomic mass is 10.1. The molecule has 1 rings (SSSR count). The van der Waals surface area contributed by atoms with E-state index in [2.05, 4.69) is 31.2 Å². The lowest BCUT2D eigenvalue weighted by Crippen LogP contribution is -2.36. The maximum absolute atomic E-state index is 5.92. The lowest BCUT2D eigenvalue weighted by molar-refractivity contribution is 0.409. The number of nitrogens with one attached hydrogen (secondary N) is 1. The zero-order valence-corrected chi connectivity index (χ0v) is 10.7. The average Bonchev–Trinajstić information content (AvgIpc) is 2.39. The number of hydrogen-bond acceptors (Lipinski definition) is 2. The fourth-order valence-electron chi connectivity index (χ4n) is 1.31. The molecule has 0 saturated carbocycles. The third kappa shape index (κ3) is 4.67. The molecule has 0 spiro atoms. The van der Waals surface area contributed by atoms with E-state index >= 15 is 0 Å². The van der Waals surface area contributed by atoms with Crippen molar-refractivity contribution in [3.8, 4) is 0 Å². The number of halogens is 1. The summed E-state index contributed by atoms with van der Waals surface area (Å²) in [6, 6.07) is 0. The van der Waals surface area contributed by atoms with E-state index in [1.807, 2.05) is 17.8 Å². The van der Waals surface area contributed by atoms with Crippen molar-refractivity contribution in [1.82, 2.24) is 15.1 Å². The summed E-state index contributed by atoms with van der Waals surface area (Å²) in [6.07, 6.45) is 2.95. The first-order chi connectivity index (χ1) is 6.88. The van der Waals surface area contributed by atoms with Gasteiger partial charge >= 0.3 is 0 Å². The highest BCUT2D eigenvalue weighted by Crippen LogP contribution is 2.12. The summed E-state index contributed by atoms with van der Waals surface area (Å²) in [6.45, 7) is 10.3. The maximum Gasteiger partial charge on any atom is 0.0814 e. The smallest absolute Gasteiger partial charge is 0.0814 e. The SMILES string of the molecule is Cc1nn(CCCNC(C)(C)C)cc1Cl. The topological polar surface area (TPSA) is 29.9 Å². The minimum Gasteiger partial charge on any atom is -0.312 e. The van der Waals surface area contributed by atoms with E-state index in [0.29, 0.717) is 0 Å². The number of rotatable bonds is 4. The van der Waals surface area contributed by atoms with Crippen molar-refractivity contribution >= 4 is 11.6 Å². The van der Waals surface area contributed by atoms with Crippen LogP contribution in [0.15, 0.2) is 6.20 Å². The Morgan fingerprint density at radius 3 is 2.60 bits per heavy atom. The summed E-state index contributed by atoms with van der Waals surface area (Å²) >= 11 is 5.92. The molecular formula is C11H20ClN3. The van der Waals surface area contributed by atoms with Crippen LogP contribution < -0.4 is 5.32 Å². The van der Waals surface area contributed by atoms with Gasteiger partial charge in [0.25, 0.3) is 0 Å². The molecule has 86 valence electrons. The lowest BCUT2D eigenvalue weighted by Gasteiger charge is -2.20. The molecule has 4 heteroatoms. The third-order valence-electron chi connectivity index (χ3n) is 2.11. The highest BCUT2D eigenvalue weighted by Gasteiger charge is 2.07. The molecule has 1 aromatic rings. The van der Waals surface area contributed by atoms with Gasteiger partial charge in [-0.3, -0.25) is 4.68 Å². The molecule has 0 amide bonds. The van der Waals surface area contributed by atoms with E-state index in [0.717, 1.165) is 30.2 Å². The van der Waals surface area contributed by atoms with Gasteiger partial charge in [-0.1, -0.05) is 11.6 Å². The van der Waals surface area contributed by atoms with Crippen molar-refractivity contribution in [2.24, 2.45) is 0 Å². The molecule has 15 heavy (non-hydrogen) atoms. The zero-order chi connectivity index (χ0) is 11.5. The molecule has 1 heterocycles. The molecule has 1 aromatic heterocycles. The summed E-state index contributed by atoms with van der Waals surface area (Å²) in [5.74, 6) is 0. The van der Waals surface area contributed by atoms with E-state index in [-0.39, 0.29) is 5.54 Å². The highest BCUT2D eigenvalue weighted by molar-refractivity contribution is 6.31. The van der Waals surface area contributed by atoms with Crippen molar-refractivity contribution in [3.63, 3.8) is 0 Å². The van der Waals surface area contributed by atoms with Gasteiger partial charge < -0.3 is 5.32 Å². The maximum atomic E-state index is 5.92. The molecule has 0 saturated heterocycles. The van der Waals surface area contributed by atoms with Crippen LogP contribution in [0.3, 0.4) is 0 Å². The van der Waals surface area contributed by atoms with Crippen molar-refractivity contribution in [2.75, 3.05) is 6.54 Å². The van der Waals surface area contributed by atoms with E-state index < -0.39 is 0 Å². The molecule has 0 aliphatic rings. The summed E-state index contributed by atoms with van der Waals surface area (Å²) in [4.78, 5) is 0. The number of nitrogens with zero attached hydrogens (tertiary/aromatic N) is 2. The molecule has 0 aromatic carbocycles. The van der Waals surface area contributed by atoms with Crippen LogP contribution in [0.1, 0.15) is 32.9 Å². The minimum atomic E-state index is 0.192. The zero-order valence-electron chi connectivity index (χ0n) is 9.97. The Balaban J connectivity index is 2.26. The van der Waals surface area contributed by atoms with Crippen molar-refractivity contribution in [3.05, 3.63) is 16.9 Å². The second kappa shape index (κ2) is 4.99. The van der Waals surface area contributed by atoms with Gasteiger partial charge in [-0.2, -0.15) is 5.10 Å². The molecule has 0 unspecified atom stereocenters. The Kier molecular flexibility index (Phi) is 4.17. The van der Waals surface area contributed by atoms with Crippen LogP contribution in [0.5, 0.6) is 0 Å². The highest BCUT2D eigenvalue weighted by atomic mass is 35.5. The molecule has 0 aliphatic carbocycles. The average molecular weight is 230 g/mol. The second-order valence-corrected chi connectivity index (χ2v) is 5.26. The Hall–Kier alpha value is -0.540. The van der Waals surface area contributed by atoms with E-state index in [1.54, 1.807) is 0 Å². The van der Waals surface area contributed by atoms with Crippen LogP contribution >= 0.6 is 11.6 Å². The number of aromatic nitrogens is 2. The predicted octanol–water partition coefficient (Wildman–Crippen LogP) is 2.62. The molecule has 0 atom stereocenters. The normalized spacial score (nSPS) is 12.1. The first-order valence-corrected chi connectivity index (χ1v) is 5.71. The number of aryl methyl sites for hydroxylation is 2. The Morgan fingerprint density at radius 1 is 1.47 bits per heavy atom. The van der Waals surface area contributed by atoms with Gasteiger partial charge in [0.1, 0.15) is 0 Å². The van der Waals surface area contributed by atoms with Crippen molar-refractivity contribution in [2.45, 2.75) is 46.2 Å². The summed E-state index contributed by atoms with van der Waals surface area (Å²) in [5.41, 5.74) is 1.10. The summed E-state index contributed by atoms with van der Waals surface area (Å²) < 4.78 is 1.90. The van der Waals surface area contributed by atoms with Crippen LogP contribution in [0.25, 0.3) is 0 Å². The van der Waals surface area contributed by atoms with Gasteiger partial charge in [0, 0.05) is 18.3 Å². The van der Waals surface area contributed by atoms with Crippen LogP contribution in [0.2, 0.25) is 5.02 Å². The molecule has 0 fully saturated rings. The second-order valence-electron chi connectivity index (χ2n) is 4.86. The van der Waals surface area contributed by atoms with Gasteiger partial charge in [-0.05, 0) is 40.7 Å². The van der Waals surface area contributed by atoms with Gasteiger partial charge in [-0.15, -0.1) is 0 Å². The van der Waals surface area contributed by atoms with Gasteiger partial charge in [0.05, 0.1) is 10.7 Å². The molecule has 0 bridgehead atoms. The Labute approximate surface area is 96.8 Å². The summed E-state index contributed by atoms with van der Waals surface area (Å²) in [7, 11) is 0. The first-order valence-electron chi connectivity index (χ1n) is 5.33. The van der Waals surface area contributed by atoms with Gasteiger partial charge in [-0.25, -0.2) is 0 Å². The predicted molar refractivity (Wildman–Crippen MR) is 64.3 cm³/mol. The van der Waals surface area contributed by atoms with Gasteiger partial charge in [0.15, 0.2) is 0 Å². The first kappa shape index (κ1) is 12.5. The summed E-state index contributed by atoms with van der Waals surface area (Å²) in [5, 5.41) is 8.49. The van der Waals surface area contributed by atoms with Crippen molar-refractivity contribution in [1.29, 1.82) is 0 Å². The van der Waals surface area contributed by atoms with Gasteiger partial charge in [0.2, 0.25) is 0 Å². The van der Waals surface area contributed by atoms with Crippen LogP contribution in [-0.4, -0.2) is 21.9 Å². The third-order valence-corrected chi connectivity index (χ3v) is 2.48. The van der Waals surface area contributed by atoms with E-state index in [9.17, 15) is 0 Å². The molecule has 0 radical (unpaired) electrons. The fraction of sp³-hybridized carbons (Fsp3) is 0.727. The Morgan fingerprint density at radius 2 is 2.13 bits per heavy atom. The quantitative estimate of drug-likeness (QED) is 0.805. The van der Waals surface area contributed by atoms with Crippen LogP contribution in [0, 0.1) is 6.92 Å². The minimum absolute atomic E-state index is 0.192. The fourth-order valence-corrected chi connectivity index (χ4v) is 1.46.